The maximum atomic E-state index is 12.8. The minimum absolute atomic E-state index is 0.0148. The van der Waals surface area contributed by atoms with E-state index in [9.17, 15) is 22.8 Å². The highest BCUT2D eigenvalue weighted by Gasteiger charge is 2.34. The Balaban J connectivity index is 2.89. The van der Waals surface area contributed by atoms with E-state index in [0.29, 0.717) is 11.6 Å². The maximum Gasteiger partial charge on any atom is 0.431 e. The molecule has 1 N–H and O–H groups in total. The van der Waals surface area contributed by atoms with Crippen LogP contribution in [0.15, 0.2) is 36.0 Å². The highest BCUT2D eigenvalue weighted by atomic mass is 19.4. The summed E-state index contributed by atoms with van der Waals surface area (Å²) in [5.41, 5.74) is -0.552. The summed E-state index contributed by atoms with van der Waals surface area (Å²) in [6.07, 6.45) is -4.40. The van der Waals surface area contributed by atoms with Gasteiger partial charge in [-0.25, -0.2) is 4.79 Å². The summed E-state index contributed by atoms with van der Waals surface area (Å²) >= 11 is 0. The Labute approximate surface area is 124 Å². The van der Waals surface area contributed by atoms with Crippen molar-refractivity contribution in [1.29, 1.82) is 0 Å². The zero-order chi connectivity index (χ0) is 16.8. The molecule has 0 heterocycles. The van der Waals surface area contributed by atoms with Crippen LogP contribution in [0.4, 0.5) is 18.9 Å². The first-order valence-corrected chi connectivity index (χ1v) is 6.06. The zero-order valence-electron chi connectivity index (χ0n) is 11.9. The van der Waals surface area contributed by atoms with Crippen molar-refractivity contribution >= 4 is 17.6 Å². The molecule has 0 fully saturated rings. The molecule has 8 heteroatoms. The molecule has 0 bridgehead atoms. The van der Waals surface area contributed by atoms with Gasteiger partial charge in [0.05, 0.1) is 26.7 Å². The number of hydrogen-bond donors (Lipinski definition) is 1. The number of allylic oxidation sites excluding steroid dienone is 1. The summed E-state index contributed by atoms with van der Waals surface area (Å²) in [6, 6.07) is 5.67. The second-order valence-electron chi connectivity index (χ2n) is 4.15. The van der Waals surface area contributed by atoms with Crippen LogP contribution in [0.1, 0.15) is 5.56 Å². The van der Waals surface area contributed by atoms with E-state index < -0.39 is 23.8 Å². The largest absolute Gasteiger partial charge is 0.469 e. The van der Waals surface area contributed by atoms with Gasteiger partial charge in [-0.1, -0.05) is 12.1 Å². The maximum absolute atomic E-state index is 12.8. The quantitative estimate of drug-likeness (QED) is 0.667. The lowest BCUT2D eigenvalue weighted by molar-refractivity contribution is -0.139. The molecule has 0 amide bonds. The molecule has 1 aromatic rings. The van der Waals surface area contributed by atoms with Crippen LogP contribution in [-0.2, 0) is 25.5 Å². The Hall–Kier alpha value is -2.51. The number of benzene rings is 1. The van der Waals surface area contributed by atoms with Gasteiger partial charge in [0, 0.05) is 5.69 Å². The summed E-state index contributed by atoms with van der Waals surface area (Å²) in [5, 5.41) is 2.10. The summed E-state index contributed by atoms with van der Waals surface area (Å²) < 4.78 is 47.1. The number of anilines is 1. The van der Waals surface area contributed by atoms with E-state index in [1.54, 1.807) is 0 Å². The normalized spacial score (nSPS) is 11.8. The molecule has 0 aliphatic carbocycles. The number of carbonyl (C=O) groups is 2. The summed E-state index contributed by atoms with van der Waals surface area (Å²) in [5.74, 6) is -1.58. The molecule has 0 aliphatic heterocycles. The molecule has 0 spiro atoms. The monoisotopic (exact) mass is 317 g/mol. The molecular weight excluding hydrogens is 303 g/mol. The van der Waals surface area contributed by atoms with E-state index in [-0.39, 0.29) is 12.1 Å². The number of rotatable bonds is 5. The van der Waals surface area contributed by atoms with E-state index in [0.717, 1.165) is 7.11 Å². The molecule has 0 saturated heterocycles. The lowest BCUT2D eigenvalue weighted by atomic mass is 10.1. The van der Waals surface area contributed by atoms with Crippen LogP contribution in [0.3, 0.4) is 0 Å². The molecule has 0 aromatic heterocycles. The van der Waals surface area contributed by atoms with E-state index in [2.05, 4.69) is 14.8 Å². The summed E-state index contributed by atoms with van der Waals surface area (Å²) in [7, 11) is 2.22. The molecular formula is C14H14F3NO4. The standard InChI is InChI=1S/C14H14F3NO4/c1-21-12(19)7-9-3-5-10(6-4-9)18-11(14(15,16)17)8-13(20)22-2/h3-6,8,18H,7H2,1-2H3/b11-8+. The third kappa shape index (κ3) is 5.47. The predicted molar refractivity (Wildman–Crippen MR) is 71.9 cm³/mol. The van der Waals surface area contributed by atoms with Crippen molar-refractivity contribution in [3.05, 3.63) is 41.6 Å². The Morgan fingerprint density at radius 1 is 1.14 bits per heavy atom. The first-order chi connectivity index (χ1) is 10.3. The van der Waals surface area contributed by atoms with Gasteiger partial charge < -0.3 is 14.8 Å². The predicted octanol–water partition coefficient (Wildman–Crippen LogP) is 2.43. The van der Waals surface area contributed by atoms with E-state index in [1.807, 2.05) is 0 Å². The second-order valence-corrected chi connectivity index (χ2v) is 4.15. The molecule has 0 aliphatic rings. The highest BCUT2D eigenvalue weighted by molar-refractivity contribution is 5.83. The van der Waals surface area contributed by atoms with Gasteiger partial charge in [-0.2, -0.15) is 13.2 Å². The van der Waals surface area contributed by atoms with Gasteiger partial charge in [0.25, 0.3) is 0 Å². The van der Waals surface area contributed by atoms with Crippen LogP contribution in [0.25, 0.3) is 0 Å². The summed E-state index contributed by atoms with van der Waals surface area (Å²) in [4.78, 5) is 22.1. The Morgan fingerprint density at radius 3 is 2.18 bits per heavy atom. The van der Waals surface area contributed by atoms with Gasteiger partial charge in [0.2, 0.25) is 0 Å². The number of halogens is 3. The van der Waals surface area contributed by atoms with Crippen LogP contribution >= 0.6 is 0 Å². The molecule has 5 nitrogen and oxygen atoms in total. The number of esters is 2. The van der Waals surface area contributed by atoms with Crippen LogP contribution < -0.4 is 5.32 Å². The lowest BCUT2D eigenvalue weighted by Crippen LogP contribution is -2.20. The smallest absolute Gasteiger partial charge is 0.431 e. The topological polar surface area (TPSA) is 64.6 Å². The average molecular weight is 317 g/mol. The molecule has 22 heavy (non-hydrogen) atoms. The molecule has 0 radical (unpaired) electrons. The number of hydrogen-bond acceptors (Lipinski definition) is 5. The van der Waals surface area contributed by atoms with Crippen LogP contribution in [0, 0.1) is 0 Å². The van der Waals surface area contributed by atoms with Crippen molar-refractivity contribution in [3.63, 3.8) is 0 Å². The minimum Gasteiger partial charge on any atom is -0.469 e. The van der Waals surface area contributed by atoms with Gasteiger partial charge in [-0.05, 0) is 17.7 Å². The number of nitrogens with one attached hydrogen (secondary N) is 1. The molecule has 0 atom stereocenters. The first-order valence-electron chi connectivity index (χ1n) is 6.06. The number of methoxy groups -OCH3 is 2. The third-order valence-electron chi connectivity index (χ3n) is 2.58. The minimum atomic E-state index is -4.74. The SMILES string of the molecule is COC(=O)/C=C(/Nc1ccc(CC(=O)OC)cc1)C(F)(F)F. The van der Waals surface area contributed by atoms with Crippen LogP contribution in [0.2, 0.25) is 0 Å². The fourth-order valence-electron chi connectivity index (χ4n) is 1.47. The first kappa shape index (κ1) is 17.5. The fraction of sp³-hybridized carbons (Fsp3) is 0.286. The van der Waals surface area contributed by atoms with E-state index >= 15 is 0 Å². The van der Waals surface area contributed by atoms with Crippen LogP contribution in [0.5, 0.6) is 0 Å². The number of alkyl halides is 3. The van der Waals surface area contributed by atoms with Gasteiger partial charge >= 0.3 is 18.1 Å². The highest BCUT2D eigenvalue weighted by Crippen LogP contribution is 2.27. The molecule has 120 valence electrons. The van der Waals surface area contributed by atoms with Crippen molar-refractivity contribution in [1.82, 2.24) is 0 Å². The Morgan fingerprint density at radius 2 is 1.73 bits per heavy atom. The average Bonchev–Trinajstić information content (AvgIpc) is 2.47. The summed E-state index contributed by atoms with van der Waals surface area (Å²) in [6.45, 7) is 0. The van der Waals surface area contributed by atoms with E-state index in [4.69, 9.17) is 0 Å². The van der Waals surface area contributed by atoms with Gasteiger partial charge in [-0.3, -0.25) is 4.79 Å². The number of ether oxygens (including phenoxy) is 2. The van der Waals surface area contributed by atoms with Crippen molar-refractivity contribution in [2.75, 3.05) is 19.5 Å². The van der Waals surface area contributed by atoms with Crippen molar-refractivity contribution in [2.24, 2.45) is 0 Å². The molecule has 0 unspecified atom stereocenters. The van der Waals surface area contributed by atoms with Gasteiger partial charge in [-0.15, -0.1) is 0 Å². The van der Waals surface area contributed by atoms with E-state index in [1.165, 1.54) is 31.4 Å². The molecule has 1 rings (SSSR count). The van der Waals surface area contributed by atoms with Crippen LogP contribution in [-0.4, -0.2) is 32.3 Å². The van der Waals surface area contributed by atoms with Crippen molar-refractivity contribution < 1.29 is 32.2 Å². The van der Waals surface area contributed by atoms with Gasteiger partial charge in [0.15, 0.2) is 0 Å². The fourth-order valence-corrected chi connectivity index (χ4v) is 1.47. The Kier molecular flexibility index (Phi) is 5.97. The Bertz CT molecular complexity index is 564. The van der Waals surface area contributed by atoms with Crippen molar-refractivity contribution in [3.8, 4) is 0 Å². The number of carbonyl (C=O) groups excluding carboxylic acids is 2. The van der Waals surface area contributed by atoms with Crippen molar-refractivity contribution in [2.45, 2.75) is 12.6 Å². The lowest BCUT2D eigenvalue weighted by Gasteiger charge is -2.14. The third-order valence-corrected chi connectivity index (χ3v) is 2.58. The second kappa shape index (κ2) is 7.48. The van der Waals surface area contributed by atoms with Gasteiger partial charge in [0.1, 0.15) is 5.70 Å². The molecule has 0 saturated carbocycles. The zero-order valence-corrected chi connectivity index (χ0v) is 11.9. The molecule has 1 aromatic carbocycles.